The van der Waals surface area contributed by atoms with Crippen LogP contribution in [0.5, 0.6) is 0 Å². The lowest BCUT2D eigenvalue weighted by molar-refractivity contribution is -0.130. The molecule has 0 aromatic carbocycles. The first-order valence-electron chi connectivity index (χ1n) is 5.60. The minimum absolute atomic E-state index is 0.0216. The summed E-state index contributed by atoms with van der Waals surface area (Å²) in [6, 6.07) is 2.22. The van der Waals surface area contributed by atoms with Crippen LogP contribution in [-0.4, -0.2) is 73.5 Å². The fourth-order valence-electron chi connectivity index (χ4n) is 1.72. The largest absolute Gasteiger partial charge is 0.348 e. The summed E-state index contributed by atoms with van der Waals surface area (Å²) in [6.45, 7) is 5.88. The molecule has 90 valence electrons. The summed E-state index contributed by atoms with van der Waals surface area (Å²) in [7, 11) is 3.55. The molecule has 1 aliphatic heterocycles. The molecule has 1 heterocycles. The van der Waals surface area contributed by atoms with Crippen LogP contribution in [0.4, 0.5) is 0 Å². The number of hydrogen-bond acceptors (Lipinski definition) is 4. The highest BCUT2D eigenvalue weighted by atomic mass is 16.2. The summed E-state index contributed by atoms with van der Waals surface area (Å²) in [5.41, 5.74) is 0. The molecule has 0 aromatic heterocycles. The van der Waals surface area contributed by atoms with E-state index in [0.717, 1.165) is 26.2 Å². The van der Waals surface area contributed by atoms with Gasteiger partial charge >= 0.3 is 0 Å². The van der Waals surface area contributed by atoms with Crippen LogP contribution in [0.25, 0.3) is 0 Å². The van der Waals surface area contributed by atoms with E-state index in [-0.39, 0.29) is 11.9 Å². The molecule has 1 unspecified atom stereocenters. The van der Waals surface area contributed by atoms with Gasteiger partial charge in [-0.05, 0) is 6.92 Å². The number of likely N-dealkylation sites (N-methyl/N-ethyl adjacent to an activating group) is 1. The zero-order valence-corrected chi connectivity index (χ0v) is 10.3. The van der Waals surface area contributed by atoms with Crippen molar-refractivity contribution in [1.82, 2.24) is 14.7 Å². The van der Waals surface area contributed by atoms with Crippen molar-refractivity contribution in [3.63, 3.8) is 0 Å². The quantitative estimate of drug-likeness (QED) is 0.655. The van der Waals surface area contributed by atoms with Gasteiger partial charge in [-0.3, -0.25) is 14.6 Å². The highest BCUT2D eigenvalue weighted by Gasteiger charge is 2.22. The maximum Gasteiger partial charge on any atom is 0.236 e. The Bertz CT molecular complexity index is 276. The number of carbonyl (C=O) groups excluding carboxylic acids is 1. The number of amides is 1. The van der Waals surface area contributed by atoms with E-state index < -0.39 is 0 Å². The van der Waals surface area contributed by atoms with E-state index in [2.05, 4.69) is 15.9 Å². The first kappa shape index (κ1) is 12.9. The number of nitriles is 1. The summed E-state index contributed by atoms with van der Waals surface area (Å²) in [6.07, 6.45) is 0. The smallest absolute Gasteiger partial charge is 0.236 e. The third-order valence-corrected chi connectivity index (χ3v) is 3.00. The Kier molecular flexibility index (Phi) is 4.71. The van der Waals surface area contributed by atoms with Crippen molar-refractivity contribution in [1.29, 1.82) is 5.26 Å². The molecule has 1 saturated heterocycles. The molecule has 1 amide bonds. The molecule has 0 bridgehead atoms. The number of hydrogen-bond donors (Lipinski definition) is 0. The van der Waals surface area contributed by atoms with Gasteiger partial charge < -0.3 is 4.90 Å². The molecule has 1 rings (SSSR count). The summed E-state index contributed by atoms with van der Waals surface area (Å²) in [5, 5.41) is 8.81. The van der Waals surface area contributed by atoms with Crippen molar-refractivity contribution in [2.75, 3.05) is 46.8 Å². The maximum absolute atomic E-state index is 11.5. The third-order valence-electron chi connectivity index (χ3n) is 3.00. The molecular formula is C11H20N4O. The third kappa shape index (κ3) is 3.47. The Morgan fingerprint density at radius 1 is 1.38 bits per heavy atom. The number of rotatable bonds is 3. The number of piperazine rings is 1. The standard InChI is InChI=1S/C11H20N4O/c1-10(8-12)15-6-4-14(5-7-15)9-11(16)13(2)3/h10H,4-7,9H2,1-3H3. The normalized spacial score (nSPS) is 20.1. The van der Waals surface area contributed by atoms with Crippen molar-refractivity contribution in [2.45, 2.75) is 13.0 Å². The molecule has 0 saturated carbocycles. The topological polar surface area (TPSA) is 50.6 Å². The monoisotopic (exact) mass is 224 g/mol. The van der Waals surface area contributed by atoms with Gasteiger partial charge in [-0.15, -0.1) is 0 Å². The second-order valence-electron chi connectivity index (χ2n) is 4.41. The Labute approximate surface area is 97.2 Å². The van der Waals surface area contributed by atoms with E-state index in [1.165, 1.54) is 0 Å². The Morgan fingerprint density at radius 2 is 1.94 bits per heavy atom. The molecular weight excluding hydrogens is 204 g/mol. The van der Waals surface area contributed by atoms with E-state index in [1.54, 1.807) is 19.0 Å². The lowest BCUT2D eigenvalue weighted by Crippen LogP contribution is -2.51. The van der Waals surface area contributed by atoms with Gasteiger partial charge in [0.05, 0.1) is 18.7 Å². The van der Waals surface area contributed by atoms with Crippen LogP contribution in [0.15, 0.2) is 0 Å². The Balaban J connectivity index is 2.33. The van der Waals surface area contributed by atoms with Crippen LogP contribution in [0.2, 0.25) is 0 Å². The average Bonchev–Trinajstić information content (AvgIpc) is 2.28. The molecule has 0 spiro atoms. The molecule has 1 fully saturated rings. The van der Waals surface area contributed by atoms with Gasteiger partial charge in [0, 0.05) is 40.3 Å². The predicted molar refractivity (Wildman–Crippen MR) is 61.8 cm³/mol. The van der Waals surface area contributed by atoms with Crippen molar-refractivity contribution in [3.05, 3.63) is 0 Å². The summed E-state index contributed by atoms with van der Waals surface area (Å²) in [4.78, 5) is 17.4. The molecule has 0 aliphatic carbocycles. The van der Waals surface area contributed by atoms with Crippen molar-refractivity contribution in [2.24, 2.45) is 0 Å². The first-order valence-corrected chi connectivity index (χ1v) is 5.60. The van der Waals surface area contributed by atoms with E-state index in [1.807, 2.05) is 6.92 Å². The molecule has 5 heteroatoms. The molecule has 1 atom stereocenters. The van der Waals surface area contributed by atoms with E-state index in [4.69, 9.17) is 5.26 Å². The van der Waals surface area contributed by atoms with Gasteiger partial charge in [0.2, 0.25) is 5.91 Å². The highest BCUT2D eigenvalue weighted by molar-refractivity contribution is 5.77. The second-order valence-corrected chi connectivity index (χ2v) is 4.41. The highest BCUT2D eigenvalue weighted by Crippen LogP contribution is 2.05. The van der Waals surface area contributed by atoms with E-state index in [0.29, 0.717) is 6.54 Å². The van der Waals surface area contributed by atoms with E-state index in [9.17, 15) is 4.79 Å². The zero-order valence-electron chi connectivity index (χ0n) is 10.3. The first-order chi connectivity index (χ1) is 7.54. The van der Waals surface area contributed by atoms with Gasteiger partial charge in [-0.25, -0.2) is 0 Å². The average molecular weight is 224 g/mol. The van der Waals surface area contributed by atoms with Crippen molar-refractivity contribution < 1.29 is 4.79 Å². The minimum atomic E-state index is -0.0216. The molecule has 5 nitrogen and oxygen atoms in total. The Hall–Kier alpha value is -1.12. The van der Waals surface area contributed by atoms with Gasteiger partial charge in [0.1, 0.15) is 0 Å². The van der Waals surface area contributed by atoms with E-state index >= 15 is 0 Å². The fourth-order valence-corrected chi connectivity index (χ4v) is 1.72. The summed E-state index contributed by atoms with van der Waals surface area (Å²) >= 11 is 0. The van der Waals surface area contributed by atoms with Crippen LogP contribution < -0.4 is 0 Å². The second kappa shape index (κ2) is 5.83. The van der Waals surface area contributed by atoms with Gasteiger partial charge in [-0.2, -0.15) is 5.26 Å². The number of carbonyl (C=O) groups is 1. The molecule has 0 aromatic rings. The molecule has 16 heavy (non-hydrogen) atoms. The molecule has 0 N–H and O–H groups in total. The minimum Gasteiger partial charge on any atom is -0.348 e. The molecule has 1 aliphatic rings. The van der Waals surface area contributed by atoms with Crippen LogP contribution in [-0.2, 0) is 4.79 Å². The van der Waals surface area contributed by atoms with Crippen LogP contribution in [0.3, 0.4) is 0 Å². The van der Waals surface area contributed by atoms with Gasteiger partial charge in [0.15, 0.2) is 0 Å². The maximum atomic E-state index is 11.5. The number of nitrogens with zero attached hydrogens (tertiary/aromatic N) is 4. The van der Waals surface area contributed by atoms with Gasteiger partial charge in [-0.1, -0.05) is 0 Å². The Morgan fingerprint density at radius 3 is 2.38 bits per heavy atom. The van der Waals surface area contributed by atoms with Crippen LogP contribution in [0, 0.1) is 11.3 Å². The predicted octanol–water partition coefficient (Wildman–Crippen LogP) is -0.396. The fraction of sp³-hybridized carbons (Fsp3) is 0.818. The lowest BCUT2D eigenvalue weighted by atomic mass is 10.2. The van der Waals surface area contributed by atoms with Crippen molar-refractivity contribution >= 4 is 5.91 Å². The SMILES string of the molecule is CC(C#N)N1CCN(CC(=O)N(C)C)CC1. The zero-order chi connectivity index (χ0) is 12.1. The summed E-state index contributed by atoms with van der Waals surface area (Å²) in [5.74, 6) is 0.141. The van der Waals surface area contributed by atoms with Crippen molar-refractivity contribution in [3.8, 4) is 6.07 Å². The van der Waals surface area contributed by atoms with Gasteiger partial charge in [0.25, 0.3) is 0 Å². The molecule has 0 radical (unpaired) electrons. The van der Waals surface area contributed by atoms with Crippen LogP contribution >= 0.6 is 0 Å². The van der Waals surface area contributed by atoms with Crippen LogP contribution in [0.1, 0.15) is 6.92 Å². The lowest BCUT2D eigenvalue weighted by Gasteiger charge is -2.35. The summed E-state index contributed by atoms with van der Waals surface area (Å²) < 4.78 is 0.